The van der Waals surface area contributed by atoms with Gasteiger partial charge in [0.05, 0.1) is 28.0 Å². The third kappa shape index (κ3) is 2.46. The highest BCUT2D eigenvalue weighted by Crippen LogP contribution is 2.33. The fraction of sp³-hybridized carbons (Fsp3) is 0.105. The van der Waals surface area contributed by atoms with Gasteiger partial charge in [-0.2, -0.15) is 5.26 Å². The molecule has 0 saturated carbocycles. The quantitative estimate of drug-likeness (QED) is 0.270. The Morgan fingerprint density at radius 1 is 0.923 bits per heavy atom. The number of carbonyl (C=O) groups excluding carboxylic acids is 2. The van der Waals surface area contributed by atoms with E-state index in [9.17, 15) is 14.9 Å². The van der Waals surface area contributed by atoms with E-state index in [2.05, 4.69) is 61.2 Å². The van der Waals surface area contributed by atoms with E-state index >= 15 is 0 Å². The molecule has 26 heavy (non-hydrogen) atoms. The molecule has 3 aromatic rings. The Bertz CT molecular complexity index is 1170. The van der Waals surface area contributed by atoms with Gasteiger partial charge in [-0.05, 0) is 6.07 Å². The van der Waals surface area contributed by atoms with E-state index < -0.39 is 0 Å². The minimum absolute atomic E-state index is 0.129. The van der Waals surface area contributed by atoms with Gasteiger partial charge in [0.1, 0.15) is 11.6 Å². The number of ketones is 2. The second-order valence-electron chi connectivity index (χ2n) is 5.74. The molecule has 0 saturated heterocycles. The van der Waals surface area contributed by atoms with Crippen LogP contribution in [0.1, 0.15) is 48.8 Å². The van der Waals surface area contributed by atoms with Crippen molar-refractivity contribution in [1.82, 2.24) is 9.97 Å². The molecule has 1 heterocycles. The number of benzene rings is 2. The Hall–Kier alpha value is -1.93. The van der Waals surface area contributed by atoms with Crippen LogP contribution in [-0.4, -0.2) is 21.5 Å². The second kappa shape index (κ2) is 6.66. The molecule has 0 aliphatic heterocycles. The Morgan fingerprint density at radius 2 is 1.54 bits per heavy atom. The first-order chi connectivity index (χ1) is 12.6. The molecule has 2 aromatic carbocycles. The number of fused-ring (bicyclic) bond motifs is 3. The van der Waals surface area contributed by atoms with Crippen molar-refractivity contribution in [3.8, 4) is 6.07 Å². The zero-order valence-corrected chi connectivity index (χ0v) is 17.5. The van der Waals surface area contributed by atoms with E-state index in [1.54, 1.807) is 30.3 Å². The van der Waals surface area contributed by atoms with Gasteiger partial charge in [-0.1, -0.05) is 69.4 Å². The zero-order chi connectivity index (χ0) is 18.4. The molecule has 5 nitrogen and oxygen atoms in total. The number of aromatic nitrogens is 2. The highest BCUT2D eigenvalue weighted by Gasteiger charge is 2.33. The Labute approximate surface area is 176 Å². The molecule has 0 radical (unpaired) electrons. The molecule has 7 heteroatoms. The lowest BCUT2D eigenvalue weighted by Crippen LogP contribution is -2.22. The molecule has 0 amide bonds. The molecule has 4 rings (SSSR count). The van der Waals surface area contributed by atoms with Crippen molar-refractivity contribution in [3.63, 3.8) is 0 Å². The minimum Gasteiger partial charge on any atom is -0.289 e. The number of carbonyl (C=O) groups is 2. The lowest BCUT2D eigenvalue weighted by Gasteiger charge is -2.19. The normalized spacial score (nSPS) is 12.7. The first-order valence-electron chi connectivity index (χ1n) is 7.67. The summed E-state index contributed by atoms with van der Waals surface area (Å²) >= 11 is 4.41. The van der Waals surface area contributed by atoms with Gasteiger partial charge in [-0.3, -0.25) is 9.59 Å². The summed E-state index contributed by atoms with van der Waals surface area (Å²) < 4.78 is 1.32. The molecule has 0 unspecified atom stereocenters. The largest absolute Gasteiger partial charge is 0.289 e. The van der Waals surface area contributed by atoms with Crippen LogP contribution >= 0.6 is 45.2 Å². The highest BCUT2D eigenvalue weighted by molar-refractivity contribution is 14.1. The molecule has 126 valence electrons. The van der Waals surface area contributed by atoms with Gasteiger partial charge >= 0.3 is 0 Å². The third-order valence-electron chi connectivity index (χ3n) is 4.37. The van der Waals surface area contributed by atoms with Crippen molar-refractivity contribution in [2.45, 2.75) is 8.86 Å². The van der Waals surface area contributed by atoms with Gasteiger partial charge in [0.15, 0.2) is 11.6 Å². The predicted octanol–water partition coefficient (Wildman–Crippen LogP) is 4.15. The number of alkyl halides is 2. The van der Waals surface area contributed by atoms with E-state index in [1.165, 1.54) is 0 Å². The molecule has 0 N–H and O–H groups in total. The Kier molecular flexibility index (Phi) is 4.48. The number of halogens is 2. The summed E-state index contributed by atoms with van der Waals surface area (Å²) in [5.41, 5.74) is 3.65. The first kappa shape index (κ1) is 17.5. The van der Waals surface area contributed by atoms with Crippen LogP contribution in [0, 0.1) is 11.3 Å². The minimum atomic E-state index is -0.315. The zero-order valence-electron chi connectivity index (χ0n) is 13.2. The van der Waals surface area contributed by atoms with Crippen LogP contribution in [0.5, 0.6) is 0 Å². The van der Waals surface area contributed by atoms with Crippen LogP contribution in [-0.2, 0) is 8.86 Å². The Balaban J connectivity index is 2.12. The standard InChI is InChI=1S/C19H9I2N3O2/c20-6-14-15(7-21)24-17-12(8-22)16-11(5-13(17)23-14)18(25)9-3-1-2-4-10(9)19(16)26/h1-5H,6-7H2. The number of nitriles is 1. The molecule has 0 fully saturated rings. The van der Waals surface area contributed by atoms with Gasteiger partial charge in [-0.15, -0.1) is 0 Å². The van der Waals surface area contributed by atoms with Crippen molar-refractivity contribution in [3.05, 3.63) is 69.5 Å². The molecule has 1 aromatic heterocycles. The maximum atomic E-state index is 13.0. The Morgan fingerprint density at radius 3 is 2.15 bits per heavy atom. The SMILES string of the molecule is N#Cc1c2c(cc3nc(CI)c(CI)nc13)C(=O)c1ccccc1C2=O. The predicted molar refractivity (Wildman–Crippen MR) is 113 cm³/mol. The lowest BCUT2D eigenvalue weighted by atomic mass is 9.81. The van der Waals surface area contributed by atoms with Crippen molar-refractivity contribution >= 4 is 67.8 Å². The maximum Gasteiger partial charge on any atom is 0.195 e. The summed E-state index contributed by atoms with van der Waals surface area (Å²) in [7, 11) is 0. The molecule has 0 atom stereocenters. The van der Waals surface area contributed by atoms with Gasteiger partial charge in [0.25, 0.3) is 0 Å². The smallest absolute Gasteiger partial charge is 0.195 e. The van der Waals surface area contributed by atoms with Gasteiger partial charge in [0, 0.05) is 25.5 Å². The van der Waals surface area contributed by atoms with E-state index in [4.69, 9.17) is 0 Å². The van der Waals surface area contributed by atoms with E-state index in [0.717, 1.165) is 11.4 Å². The van der Waals surface area contributed by atoms with Crippen molar-refractivity contribution < 1.29 is 9.59 Å². The van der Waals surface area contributed by atoms with Gasteiger partial charge in [0.2, 0.25) is 0 Å². The van der Waals surface area contributed by atoms with Crippen molar-refractivity contribution in [2.75, 3.05) is 0 Å². The molecule has 0 spiro atoms. The van der Waals surface area contributed by atoms with Crippen molar-refractivity contribution in [2.24, 2.45) is 0 Å². The molecule has 1 aliphatic carbocycles. The fourth-order valence-electron chi connectivity index (χ4n) is 3.16. The van der Waals surface area contributed by atoms with Crippen LogP contribution in [0.4, 0.5) is 0 Å². The summed E-state index contributed by atoms with van der Waals surface area (Å²) in [5, 5.41) is 9.75. The number of hydrogen-bond acceptors (Lipinski definition) is 5. The number of rotatable bonds is 2. The van der Waals surface area contributed by atoms with Crippen LogP contribution in [0.15, 0.2) is 30.3 Å². The molecular formula is C19H9I2N3O2. The summed E-state index contributed by atoms with van der Waals surface area (Å²) in [6.45, 7) is 0. The highest BCUT2D eigenvalue weighted by atomic mass is 127. The van der Waals surface area contributed by atoms with E-state index in [1.807, 2.05) is 0 Å². The number of nitrogens with zero attached hydrogens (tertiary/aromatic N) is 3. The first-order valence-corrected chi connectivity index (χ1v) is 10.7. The summed E-state index contributed by atoms with van der Waals surface area (Å²) in [5.74, 6) is -0.575. The van der Waals surface area contributed by atoms with E-state index in [0.29, 0.717) is 31.0 Å². The van der Waals surface area contributed by atoms with Crippen LogP contribution < -0.4 is 0 Å². The monoisotopic (exact) mass is 565 g/mol. The third-order valence-corrected chi connectivity index (χ3v) is 5.81. The van der Waals surface area contributed by atoms with Crippen LogP contribution in [0.3, 0.4) is 0 Å². The lowest BCUT2D eigenvalue weighted by molar-refractivity contribution is 0.0979. The summed E-state index contributed by atoms with van der Waals surface area (Å²) in [4.78, 5) is 35.1. The number of hydrogen-bond donors (Lipinski definition) is 0. The van der Waals surface area contributed by atoms with Crippen molar-refractivity contribution in [1.29, 1.82) is 5.26 Å². The van der Waals surface area contributed by atoms with Gasteiger partial charge < -0.3 is 0 Å². The van der Waals surface area contributed by atoms with Crippen LogP contribution in [0.25, 0.3) is 11.0 Å². The summed E-state index contributed by atoms with van der Waals surface area (Å²) in [6, 6.07) is 10.4. The van der Waals surface area contributed by atoms with Crippen LogP contribution in [0.2, 0.25) is 0 Å². The topological polar surface area (TPSA) is 83.7 Å². The van der Waals surface area contributed by atoms with E-state index in [-0.39, 0.29) is 28.3 Å². The average Bonchev–Trinajstić information content (AvgIpc) is 2.69. The maximum absolute atomic E-state index is 13.0. The summed E-state index contributed by atoms with van der Waals surface area (Å²) in [6.07, 6.45) is 0. The molecule has 0 bridgehead atoms. The fourth-order valence-corrected chi connectivity index (χ4v) is 4.38. The second-order valence-corrected chi connectivity index (χ2v) is 7.27. The molecular weight excluding hydrogens is 556 g/mol. The molecule has 1 aliphatic rings. The average molecular weight is 565 g/mol. The van der Waals surface area contributed by atoms with Gasteiger partial charge in [-0.25, -0.2) is 9.97 Å².